The van der Waals surface area contributed by atoms with E-state index >= 15 is 0 Å². The number of ketones is 1. The smallest absolute Gasteiger partial charge is 0.317 e. The number of benzene rings is 2. The summed E-state index contributed by atoms with van der Waals surface area (Å²) in [7, 11) is 1.57. The van der Waals surface area contributed by atoms with Crippen LogP contribution in [0.2, 0.25) is 0 Å². The van der Waals surface area contributed by atoms with Gasteiger partial charge in [-0.15, -0.1) is 0 Å². The Morgan fingerprint density at radius 2 is 1.93 bits per heavy atom. The molecule has 0 saturated heterocycles. The van der Waals surface area contributed by atoms with Gasteiger partial charge in [-0.05, 0) is 60.4 Å². The minimum absolute atomic E-state index is 0.210. The molecule has 27 heavy (non-hydrogen) atoms. The Balaban J connectivity index is 2.02. The van der Waals surface area contributed by atoms with E-state index in [-0.39, 0.29) is 24.1 Å². The second kappa shape index (κ2) is 8.16. The standard InChI is InChI=1S/C22H21FO4/c1-3-27-22(25)21-19(15-5-4-6-18(11-15)26-2)12-16(13-20(21)24)14-7-9-17(23)10-8-14/h4-11,13,19,21H,3,12H2,1-2H3/t19-,21-/m0/s1. The predicted molar refractivity (Wildman–Crippen MR) is 99.9 cm³/mol. The number of esters is 1. The Bertz CT molecular complexity index is 870. The predicted octanol–water partition coefficient (Wildman–Crippen LogP) is 4.15. The number of hydrogen-bond donors (Lipinski definition) is 0. The van der Waals surface area contributed by atoms with Crippen molar-refractivity contribution in [2.75, 3.05) is 13.7 Å². The zero-order valence-electron chi connectivity index (χ0n) is 15.3. The van der Waals surface area contributed by atoms with Crippen molar-refractivity contribution >= 4 is 17.3 Å². The third-order valence-corrected chi connectivity index (χ3v) is 4.74. The van der Waals surface area contributed by atoms with Crippen LogP contribution in [0.3, 0.4) is 0 Å². The number of rotatable bonds is 5. The molecule has 0 aliphatic heterocycles. The molecule has 140 valence electrons. The lowest BCUT2D eigenvalue weighted by molar-refractivity contribution is -0.151. The Kier molecular flexibility index (Phi) is 5.69. The highest BCUT2D eigenvalue weighted by molar-refractivity contribution is 6.10. The van der Waals surface area contributed by atoms with Crippen LogP contribution in [0.25, 0.3) is 5.57 Å². The van der Waals surface area contributed by atoms with Crippen molar-refractivity contribution in [3.05, 3.63) is 71.6 Å². The van der Waals surface area contributed by atoms with Gasteiger partial charge in [-0.2, -0.15) is 0 Å². The van der Waals surface area contributed by atoms with Gasteiger partial charge in [-0.25, -0.2) is 4.39 Å². The first-order valence-electron chi connectivity index (χ1n) is 8.84. The van der Waals surface area contributed by atoms with Gasteiger partial charge in [0.25, 0.3) is 0 Å². The van der Waals surface area contributed by atoms with Crippen molar-refractivity contribution in [3.8, 4) is 5.75 Å². The lowest BCUT2D eigenvalue weighted by Gasteiger charge is -2.29. The van der Waals surface area contributed by atoms with E-state index in [9.17, 15) is 14.0 Å². The molecule has 1 aliphatic rings. The maximum atomic E-state index is 13.2. The molecular weight excluding hydrogens is 347 g/mol. The van der Waals surface area contributed by atoms with Gasteiger partial charge in [0, 0.05) is 5.92 Å². The van der Waals surface area contributed by atoms with Gasteiger partial charge in [-0.1, -0.05) is 24.3 Å². The largest absolute Gasteiger partial charge is 0.497 e. The van der Waals surface area contributed by atoms with E-state index in [1.54, 1.807) is 26.2 Å². The molecule has 3 rings (SSSR count). The first-order chi connectivity index (χ1) is 13.0. The summed E-state index contributed by atoms with van der Waals surface area (Å²) in [5.41, 5.74) is 2.36. The molecule has 0 radical (unpaired) electrons. The first kappa shape index (κ1) is 18.8. The van der Waals surface area contributed by atoms with Crippen LogP contribution < -0.4 is 4.74 Å². The van der Waals surface area contributed by atoms with Crippen molar-refractivity contribution in [3.63, 3.8) is 0 Å². The van der Waals surface area contributed by atoms with E-state index in [0.29, 0.717) is 12.2 Å². The van der Waals surface area contributed by atoms with Crippen LogP contribution in [0.4, 0.5) is 4.39 Å². The molecule has 0 bridgehead atoms. The average molecular weight is 368 g/mol. The van der Waals surface area contributed by atoms with Gasteiger partial charge < -0.3 is 9.47 Å². The number of carbonyl (C=O) groups excluding carboxylic acids is 2. The molecule has 4 nitrogen and oxygen atoms in total. The Morgan fingerprint density at radius 1 is 1.19 bits per heavy atom. The van der Waals surface area contributed by atoms with Gasteiger partial charge in [0.15, 0.2) is 5.78 Å². The van der Waals surface area contributed by atoms with E-state index in [2.05, 4.69) is 0 Å². The fourth-order valence-corrected chi connectivity index (χ4v) is 3.43. The molecule has 1 aliphatic carbocycles. The van der Waals surface area contributed by atoms with Gasteiger partial charge >= 0.3 is 5.97 Å². The summed E-state index contributed by atoms with van der Waals surface area (Å²) in [6, 6.07) is 13.3. The highest BCUT2D eigenvalue weighted by atomic mass is 19.1. The van der Waals surface area contributed by atoms with E-state index < -0.39 is 11.9 Å². The monoisotopic (exact) mass is 368 g/mol. The van der Waals surface area contributed by atoms with Crippen LogP contribution in [-0.2, 0) is 14.3 Å². The zero-order chi connectivity index (χ0) is 19.4. The Morgan fingerprint density at radius 3 is 2.59 bits per heavy atom. The maximum Gasteiger partial charge on any atom is 0.317 e. The van der Waals surface area contributed by atoms with Crippen LogP contribution in [0.5, 0.6) is 5.75 Å². The van der Waals surface area contributed by atoms with Crippen molar-refractivity contribution in [1.29, 1.82) is 0 Å². The van der Waals surface area contributed by atoms with Gasteiger partial charge in [-0.3, -0.25) is 9.59 Å². The third kappa shape index (κ3) is 4.08. The van der Waals surface area contributed by atoms with E-state index in [1.807, 2.05) is 24.3 Å². The molecule has 0 heterocycles. The molecule has 2 atom stereocenters. The fraction of sp³-hybridized carbons (Fsp3) is 0.273. The minimum Gasteiger partial charge on any atom is -0.497 e. The zero-order valence-corrected chi connectivity index (χ0v) is 15.3. The molecule has 0 fully saturated rings. The molecule has 0 saturated carbocycles. The van der Waals surface area contributed by atoms with Gasteiger partial charge in [0.2, 0.25) is 0 Å². The highest BCUT2D eigenvalue weighted by Crippen LogP contribution is 2.41. The Labute approximate surface area is 157 Å². The minimum atomic E-state index is -0.902. The average Bonchev–Trinajstić information content (AvgIpc) is 2.68. The number of ether oxygens (including phenoxy) is 2. The topological polar surface area (TPSA) is 52.6 Å². The summed E-state index contributed by atoms with van der Waals surface area (Å²) < 4.78 is 23.7. The maximum absolute atomic E-state index is 13.2. The number of carbonyl (C=O) groups is 2. The third-order valence-electron chi connectivity index (χ3n) is 4.74. The van der Waals surface area contributed by atoms with Crippen LogP contribution in [0.1, 0.15) is 30.4 Å². The number of halogens is 1. The summed E-state index contributed by atoms with van der Waals surface area (Å²) in [6.07, 6.45) is 1.94. The number of hydrogen-bond acceptors (Lipinski definition) is 4. The molecule has 2 aromatic rings. The van der Waals surface area contributed by atoms with E-state index in [0.717, 1.165) is 16.7 Å². The molecule has 0 amide bonds. The summed E-state index contributed by atoms with van der Waals surface area (Å²) in [4.78, 5) is 25.3. The number of methoxy groups -OCH3 is 1. The molecular formula is C22H21FO4. The van der Waals surface area contributed by atoms with Crippen LogP contribution in [0.15, 0.2) is 54.6 Å². The second-order valence-electron chi connectivity index (χ2n) is 6.40. The fourth-order valence-electron chi connectivity index (χ4n) is 3.43. The summed E-state index contributed by atoms with van der Waals surface area (Å²) in [5.74, 6) is -1.79. The van der Waals surface area contributed by atoms with Crippen molar-refractivity contribution in [2.45, 2.75) is 19.3 Å². The molecule has 0 unspecified atom stereocenters. The molecule has 5 heteroatoms. The summed E-state index contributed by atoms with van der Waals surface area (Å²) >= 11 is 0. The normalized spacial score (nSPS) is 19.4. The van der Waals surface area contributed by atoms with Gasteiger partial charge in [0.1, 0.15) is 17.5 Å². The SMILES string of the molecule is CCOC(=O)[C@@H]1C(=O)C=C(c2ccc(F)cc2)C[C@H]1c1cccc(OC)c1. The lowest BCUT2D eigenvalue weighted by Crippen LogP contribution is -2.34. The van der Waals surface area contributed by atoms with Crippen LogP contribution in [0, 0.1) is 11.7 Å². The molecule has 2 aromatic carbocycles. The summed E-state index contributed by atoms with van der Waals surface area (Å²) in [6.45, 7) is 1.92. The van der Waals surface area contributed by atoms with E-state index in [1.165, 1.54) is 18.2 Å². The lowest BCUT2D eigenvalue weighted by atomic mass is 9.73. The second-order valence-corrected chi connectivity index (χ2v) is 6.40. The van der Waals surface area contributed by atoms with Crippen molar-refractivity contribution in [2.24, 2.45) is 5.92 Å². The number of allylic oxidation sites excluding steroid dienone is 2. The molecule has 0 N–H and O–H groups in total. The van der Waals surface area contributed by atoms with Crippen molar-refractivity contribution < 1.29 is 23.5 Å². The highest BCUT2D eigenvalue weighted by Gasteiger charge is 2.39. The van der Waals surface area contributed by atoms with Gasteiger partial charge in [0.05, 0.1) is 13.7 Å². The van der Waals surface area contributed by atoms with E-state index in [4.69, 9.17) is 9.47 Å². The van der Waals surface area contributed by atoms with Crippen LogP contribution >= 0.6 is 0 Å². The quantitative estimate of drug-likeness (QED) is 0.588. The first-order valence-corrected chi connectivity index (χ1v) is 8.84. The van der Waals surface area contributed by atoms with Crippen LogP contribution in [-0.4, -0.2) is 25.5 Å². The Hall–Kier alpha value is -2.95. The summed E-state index contributed by atoms with van der Waals surface area (Å²) in [5, 5.41) is 0. The molecule has 0 aromatic heterocycles. The molecule has 0 spiro atoms. The van der Waals surface area contributed by atoms with Crippen molar-refractivity contribution in [1.82, 2.24) is 0 Å².